The Balaban J connectivity index is 1.56. The van der Waals surface area contributed by atoms with Gasteiger partial charge in [-0.2, -0.15) is 0 Å². The van der Waals surface area contributed by atoms with E-state index in [1.165, 1.54) is 43.2 Å². The van der Waals surface area contributed by atoms with Gasteiger partial charge in [-0.15, -0.1) is 0 Å². The highest BCUT2D eigenvalue weighted by Gasteiger charge is 2.41. The average Bonchev–Trinajstić information content (AvgIpc) is 2.61. The molecule has 1 unspecified atom stereocenters. The Kier molecular flexibility index (Phi) is 4.09. The summed E-state index contributed by atoms with van der Waals surface area (Å²) in [6.45, 7) is 0.913. The van der Waals surface area contributed by atoms with E-state index < -0.39 is 0 Å². The van der Waals surface area contributed by atoms with Crippen molar-refractivity contribution >= 4 is 0 Å². The molecule has 2 aromatic carbocycles. The SMILES string of the molecule is c1ccc(CNC2CC3(CCCCC3)Oc3ccccc32)cc1. The van der Waals surface area contributed by atoms with Crippen LogP contribution in [0.1, 0.15) is 55.7 Å². The fraction of sp³-hybridized carbons (Fsp3) is 0.429. The minimum atomic E-state index is 0.0565. The van der Waals surface area contributed by atoms with Crippen LogP contribution in [0.15, 0.2) is 54.6 Å². The van der Waals surface area contributed by atoms with Crippen LogP contribution in [0, 0.1) is 0 Å². The van der Waals surface area contributed by atoms with Crippen molar-refractivity contribution in [2.75, 3.05) is 0 Å². The third kappa shape index (κ3) is 3.13. The molecule has 1 saturated carbocycles. The molecule has 120 valence electrons. The van der Waals surface area contributed by atoms with Gasteiger partial charge in [-0.25, -0.2) is 0 Å². The fourth-order valence-corrected chi connectivity index (χ4v) is 4.14. The van der Waals surface area contributed by atoms with Crippen LogP contribution in [0.3, 0.4) is 0 Å². The van der Waals surface area contributed by atoms with Gasteiger partial charge in [0.1, 0.15) is 11.4 Å². The van der Waals surface area contributed by atoms with Gasteiger partial charge in [0.05, 0.1) is 0 Å². The first kappa shape index (κ1) is 14.8. The lowest BCUT2D eigenvalue weighted by Gasteiger charge is -2.44. The summed E-state index contributed by atoms with van der Waals surface area (Å²) in [6.07, 6.45) is 7.45. The molecule has 1 aliphatic heterocycles. The van der Waals surface area contributed by atoms with Gasteiger partial charge in [0, 0.05) is 24.6 Å². The first-order chi connectivity index (χ1) is 11.3. The van der Waals surface area contributed by atoms with Crippen LogP contribution in [-0.2, 0) is 6.54 Å². The Labute approximate surface area is 138 Å². The van der Waals surface area contributed by atoms with Gasteiger partial charge in [0.2, 0.25) is 0 Å². The van der Waals surface area contributed by atoms with Crippen molar-refractivity contribution in [3.05, 3.63) is 65.7 Å². The second kappa shape index (κ2) is 6.37. The quantitative estimate of drug-likeness (QED) is 0.861. The van der Waals surface area contributed by atoms with E-state index in [0.29, 0.717) is 6.04 Å². The summed E-state index contributed by atoms with van der Waals surface area (Å²) in [6, 6.07) is 19.6. The Morgan fingerprint density at radius 3 is 2.48 bits per heavy atom. The van der Waals surface area contributed by atoms with Crippen molar-refractivity contribution in [2.24, 2.45) is 0 Å². The average molecular weight is 307 g/mol. The van der Waals surface area contributed by atoms with Crippen LogP contribution < -0.4 is 10.1 Å². The monoisotopic (exact) mass is 307 g/mol. The van der Waals surface area contributed by atoms with Crippen molar-refractivity contribution < 1.29 is 4.74 Å². The molecule has 1 fully saturated rings. The molecule has 1 N–H and O–H groups in total. The molecule has 0 bridgehead atoms. The number of hydrogen-bond donors (Lipinski definition) is 1. The summed E-state index contributed by atoms with van der Waals surface area (Å²) < 4.78 is 6.50. The van der Waals surface area contributed by atoms with Crippen LogP contribution in [0.4, 0.5) is 0 Å². The topological polar surface area (TPSA) is 21.3 Å². The Morgan fingerprint density at radius 1 is 0.913 bits per heavy atom. The molecule has 23 heavy (non-hydrogen) atoms. The lowest BCUT2D eigenvalue weighted by Crippen LogP contribution is -2.45. The van der Waals surface area contributed by atoms with E-state index in [1.807, 2.05) is 0 Å². The number of hydrogen-bond acceptors (Lipinski definition) is 2. The smallest absolute Gasteiger partial charge is 0.124 e. The zero-order valence-electron chi connectivity index (χ0n) is 13.6. The summed E-state index contributed by atoms with van der Waals surface area (Å²) >= 11 is 0. The normalized spacial score (nSPS) is 22.3. The molecule has 1 spiro atoms. The standard InChI is InChI=1S/C21H25NO/c1-3-9-17(10-4-1)16-22-19-15-21(13-7-2-8-14-21)23-20-12-6-5-11-18(19)20/h1,3-6,9-12,19,22H,2,7-8,13-16H2. The van der Waals surface area contributed by atoms with Gasteiger partial charge in [0.25, 0.3) is 0 Å². The summed E-state index contributed by atoms with van der Waals surface area (Å²) in [4.78, 5) is 0. The number of ether oxygens (including phenoxy) is 1. The molecule has 1 atom stereocenters. The highest BCUT2D eigenvalue weighted by atomic mass is 16.5. The van der Waals surface area contributed by atoms with Crippen molar-refractivity contribution in [1.82, 2.24) is 5.32 Å². The van der Waals surface area contributed by atoms with Crippen LogP contribution in [0.5, 0.6) is 5.75 Å². The largest absolute Gasteiger partial charge is 0.487 e. The first-order valence-electron chi connectivity index (χ1n) is 8.90. The van der Waals surface area contributed by atoms with Crippen LogP contribution >= 0.6 is 0 Å². The summed E-state index contributed by atoms with van der Waals surface area (Å²) in [5.74, 6) is 1.09. The second-order valence-corrected chi connectivity index (χ2v) is 7.01. The van der Waals surface area contributed by atoms with E-state index >= 15 is 0 Å². The number of fused-ring (bicyclic) bond motifs is 1. The molecule has 1 aliphatic carbocycles. The lowest BCUT2D eigenvalue weighted by atomic mass is 9.77. The van der Waals surface area contributed by atoms with Gasteiger partial charge >= 0.3 is 0 Å². The summed E-state index contributed by atoms with van der Waals surface area (Å²) in [5.41, 5.74) is 2.72. The minimum Gasteiger partial charge on any atom is -0.487 e. The second-order valence-electron chi connectivity index (χ2n) is 7.01. The summed E-state index contributed by atoms with van der Waals surface area (Å²) in [7, 11) is 0. The van der Waals surface area contributed by atoms with Crippen molar-refractivity contribution in [2.45, 2.75) is 56.7 Å². The predicted molar refractivity (Wildman–Crippen MR) is 93.5 cm³/mol. The lowest BCUT2D eigenvalue weighted by molar-refractivity contribution is -0.00289. The minimum absolute atomic E-state index is 0.0565. The maximum atomic E-state index is 6.50. The fourth-order valence-electron chi connectivity index (χ4n) is 4.14. The van der Waals surface area contributed by atoms with E-state index in [4.69, 9.17) is 4.74 Å². The van der Waals surface area contributed by atoms with Gasteiger partial charge in [-0.3, -0.25) is 0 Å². The van der Waals surface area contributed by atoms with E-state index in [2.05, 4.69) is 59.9 Å². The van der Waals surface area contributed by atoms with Crippen molar-refractivity contribution in [1.29, 1.82) is 0 Å². The van der Waals surface area contributed by atoms with Crippen LogP contribution in [0.25, 0.3) is 0 Å². The molecule has 4 rings (SSSR count). The summed E-state index contributed by atoms with van der Waals surface area (Å²) in [5, 5.41) is 3.79. The molecule has 0 radical (unpaired) electrons. The molecule has 2 aliphatic rings. The third-order valence-corrected chi connectivity index (χ3v) is 5.36. The molecule has 2 nitrogen and oxygen atoms in total. The predicted octanol–water partition coefficient (Wildman–Crippen LogP) is 5.00. The first-order valence-corrected chi connectivity index (χ1v) is 8.90. The maximum absolute atomic E-state index is 6.50. The van der Waals surface area contributed by atoms with Gasteiger partial charge < -0.3 is 10.1 Å². The molecule has 0 saturated heterocycles. The number of para-hydroxylation sites is 1. The van der Waals surface area contributed by atoms with Crippen LogP contribution in [-0.4, -0.2) is 5.60 Å². The van der Waals surface area contributed by atoms with Gasteiger partial charge in [0.15, 0.2) is 0 Å². The highest BCUT2D eigenvalue weighted by Crippen LogP contribution is 2.46. The molecule has 0 amide bonds. The Morgan fingerprint density at radius 2 is 1.65 bits per heavy atom. The number of nitrogens with one attached hydrogen (secondary N) is 1. The molecule has 2 heteroatoms. The maximum Gasteiger partial charge on any atom is 0.124 e. The van der Waals surface area contributed by atoms with E-state index in [9.17, 15) is 0 Å². The number of rotatable bonds is 3. The number of benzene rings is 2. The van der Waals surface area contributed by atoms with E-state index in [0.717, 1.165) is 18.7 Å². The molecular formula is C21H25NO. The van der Waals surface area contributed by atoms with E-state index in [-0.39, 0.29) is 5.60 Å². The van der Waals surface area contributed by atoms with E-state index in [1.54, 1.807) is 0 Å². The molecule has 1 heterocycles. The van der Waals surface area contributed by atoms with Crippen LogP contribution in [0.2, 0.25) is 0 Å². The molecule has 2 aromatic rings. The van der Waals surface area contributed by atoms with Crippen molar-refractivity contribution in [3.8, 4) is 5.75 Å². The zero-order valence-corrected chi connectivity index (χ0v) is 13.6. The van der Waals surface area contributed by atoms with Gasteiger partial charge in [-0.1, -0.05) is 55.0 Å². The van der Waals surface area contributed by atoms with Gasteiger partial charge in [-0.05, 0) is 37.3 Å². The highest BCUT2D eigenvalue weighted by molar-refractivity contribution is 5.39. The third-order valence-electron chi connectivity index (χ3n) is 5.36. The zero-order chi connectivity index (χ0) is 15.5. The molecule has 0 aromatic heterocycles. The Bertz CT molecular complexity index is 646. The Hall–Kier alpha value is -1.80. The molecular weight excluding hydrogens is 282 g/mol. The van der Waals surface area contributed by atoms with Crippen molar-refractivity contribution in [3.63, 3.8) is 0 Å².